The number of carbonyl (C=O) groups is 3. The van der Waals surface area contributed by atoms with Crippen LogP contribution < -0.4 is 10.6 Å². The van der Waals surface area contributed by atoms with Gasteiger partial charge in [-0.15, -0.1) is 23.5 Å². The van der Waals surface area contributed by atoms with E-state index in [1.165, 1.54) is 30.8 Å². The van der Waals surface area contributed by atoms with Gasteiger partial charge in [-0.2, -0.15) is 0 Å². The second-order valence-corrected chi connectivity index (χ2v) is 11.2. The van der Waals surface area contributed by atoms with Crippen molar-refractivity contribution in [2.24, 2.45) is 17.8 Å². The third-order valence-corrected chi connectivity index (χ3v) is 10.4. The van der Waals surface area contributed by atoms with Gasteiger partial charge in [0.2, 0.25) is 0 Å². The Labute approximate surface area is 185 Å². The highest BCUT2D eigenvalue weighted by atomic mass is 32.2. The fourth-order valence-corrected chi connectivity index (χ4v) is 8.98. The van der Waals surface area contributed by atoms with E-state index in [4.69, 9.17) is 4.74 Å². The van der Waals surface area contributed by atoms with Gasteiger partial charge in [0.1, 0.15) is 0 Å². The van der Waals surface area contributed by atoms with Crippen molar-refractivity contribution in [2.45, 2.75) is 42.7 Å². The Balaban J connectivity index is 1.21. The molecule has 3 atom stereocenters. The van der Waals surface area contributed by atoms with E-state index in [0.29, 0.717) is 22.5 Å². The number of benzene rings is 1. The molecular formula is C22H28N2O4S2. The Bertz CT molecular complexity index is 767. The van der Waals surface area contributed by atoms with Gasteiger partial charge in [0, 0.05) is 18.1 Å². The Morgan fingerprint density at radius 2 is 1.70 bits per heavy atom. The van der Waals surface area contributed by atoms with Gasteiger partial charge in [-0.1, -0.05) is 36.8 Å². The molecule has 3 amide bonds. The van der Waals surface area contributed by atoms with E-state index in [1.807, 2.05) is 30.3 Å². The fourth-order valence-electron chi connectivity index (χ4n) is 5.04. The van der Waals surface area contributed by atoms with Crippen molar-refractivity contribution >= 4 is 41.4 Å². The predicted octanol–water partition coefficient (Wildman–Crippen LogP) is 3.56. The van der Waals surface area contributed by atoms with Crippen LogP contribution in [-0.4, -0.2) is 40.1 Å². The van der Waals surface area contributed by atoms with Crippen LogP contribution in [0.4, 0.5) is 4.79 Å². The van der Waals surface area contributed by atoms with Crippen molar-refractivity contribution in [1.29, 1.82) is 0 Å². The number of carbonyl (C=O) groups excluding carboxylic acids is 3. The maximum Gasteiger partial charge on any atom is 0.321 e. The predicted molar refractivity (Wildman–Crippen MR) is 119 cm³/mol. The zero-order valence-corrected chi connectivity index (χ0v) is 18.6. The average molecular weight is 449 g/mol. The molecule has 1 heterocycles. The summed E-state index contributed by atoms with van der Waals surface area (Å²) in [6.45, 7) is -0.0968. The van der Waals surface area contributed by atoms with Gasteiger partial charge in [0.25, 0.3) is 5.91 Å². The van der Waals surface area contributed by atoms with Gasteiger partial charge in [-0.05, 0) is 43.1 Å². The van der Waals surface area contributed by atoms with Gasteiger partial charge in [0.05, 0.1) is 10.00 Å². The van der Waals surface area contributed by atoms with Crippen LogP contribution in [0.3, 0.4) is 0 Å². The largest absolute Gasteiger partial charge is 0.455 e. The molecule has 30 heavy (non-hydrogen) atoms. The minimum absolute atomic E-state index is 0.132. The highest BCUT2D eigenvalue weighted by Gasteiger charge is 2.55. The van der Waals surface area contributed by atoms with Crippen molar-refractivity contribution < 1.29 is 19.1 Å². The first kappa shape index (κ1) is 21.6. The molecule has 1 unspecified atom stereocenters. The van der Waals surface area contributed by atoms with Gasteiger partial charge in [0.15, 0.2) is 6.61 Å². The maximum absolute atomic E-state index is 12.6. The molecule has 2 bridgehead atoms. The summed E-state index contributed by atoms with van der Waals surface area (Å²) in [6.07, 6.45) is 5.33. The molecule has 1 aromatic carbocycles. The Hall–Kier alpha value is -1.67. The fraction of sp³-hybridized carbons (Fsp3) is 0.591. The Morgan fingerprint density at radius 3 is 2.37 bits per heavy atom. The molecule has 0 aromatic heterocycles. The molecule has 2 aliphatic carbocycles. The number of ether oxygens (including phenoxy) is 1. The number of nitrogens with one attached hydrogen (secondary N) is 2. The molecule has 3 fully saturated rings. The molecule has 8 heteroatoms. The van der Waals surface area contributed by atoms with E-state index in [2.05, 4.69) is 34.2 Å². The van der Waals surface area contributed by atoms with Gasteiger partial charge in [-0.25, -0.2) is 4.79 Å². The number of imide groups is 1. The van der Waals surface area contributed by atoms with E-state index in [1.54, 1.807) is 0 Å². The van der Waals surface area contributed by atoms with Crippen LogP contribution in [0.5, 0.6) is 0 Å². The summed E-state index contributed by atoms with van der Waals surface area (Å²) in [4.78, 5) is 36.5. The van der Waals surface area contributed by atoms with Crippen LogP contribution in [0.15, 0.2) is 30.3 Å². The molecule has 2 N–H and O–H groups in total. The smallest absolute Gasteiger partial charge is 0.321 e. The molecule has 162 valence electrons. The zero-order valence-electron chi connectivity index (χ0n) is 16.9. The quantitative estimate of drug-likeness (QED) is 0.670. The summed E-state index contributed by atoms with van der Waals surface area (Å²) in [5.74, 6) is 2.49. The van der Waals surface area contributed by atoms with Crippen LogP contribution in [0.25, 0.3) is 0 Å². The van der Waals surface area contributed by atoms with E-state index in [-0.39, 0.29) is 11.9 Å². The lowest BCUT2D eigenvalue weighted by molar-refractivity contribution is -0.155. The van der Waals surface area contributed by atoms with Crippen LogP contribution >= 0.6 is 23.5 Å². The number of amides is 3. The zero-order chi connectivity index (χ0) is 21.0. The third kappa shape index (κ3) is 4.80. The van der Waals surface area contributed by atoms with Crippen molar-refractivity contribution in [2.75, 3.05) is 18.1 Å². The minimum Gasteiger partial charge on any atom is -0.455 e. The molecule has 1 aliphatic heterocycles. The molecule has 0 radical (unpaired) electrons. The summed E-state index contributed by atoms with van der Waals surface area (Å²) < 4.78 is 5.59. The normalized spacial score (nSPS) is 26.7. The number of rotatable bonds is 5. The SMILES string of the molecule is O=C(COC(=O)C1C[C@H]2CCC[C@@H](C1)C21SCCS1)NC(=O)NCc1ccccc1. The molecule has 1 aromatic rings. The lowest BCUT2D eigenvalue weighted by Gasteiger charge is -2.51. The van der Waals surface area contributed by atoms with Crippen LogP contribution in [-0.2, 0) is 20.9 Å². The third-order valence-electron chi connectivity index (χ3n) is 6.35. The topological polar surface area (TPSA) is 84.5 Å². The molecular weight excluding hydrogens is 420 g/mol. The van der Waals surface area contributed by atoms with E-state index in [0.717, 1.165) is 18.4 Å². The molecule has 1 saturated heterocycles. The highest BCUT2D eigenvalue weighted by molar-refractivity contribution is 8.21. The highest BCUT2D eigenvalue weighted by Crippen LogP contribution is 2.64. The van der Waals surface area contributed by atoms with Crippen molar-refractivity contribution in [1.82, 2.24) is 10.6 Å². The van der Waals surface area contributed by atoms with E-state index < -0.39 is 18.5 Å². The van der Waals surface area contributed by atoms with Crippen molar-refractivity contribution in [3.05, 3.63) is 35.9 Å². The Morgan fingerprint density at radius 1 is 1.03 bits per heavy atom. The van der Waals surface area contributed by atoms with Gasteiger partial charge >= 0.3 is 12.0 Å². The molecule has 4 rings (SSSR count). The maximum atomic E-state index is 12.6. The summed E-state index contributed by atoms with van der Waals surface area (Å²) in [5.41, 5.74) is 0.936. The summed E-state index contributed by atoms with van der Waals surface area (Å²) in [5, 5.41) is 4.83. The van der Waals surface area contributed by atoms with Gasteiger partial charge in [-0.3, -0.25) is 14.9 Å². The Kier molecular flexibility index (Phi) is 6.93. The second-order valence-electron chi connectivity index (χ2n) is 8.24. The summed E-state index contributed by atoms with van der Waals surface area (Å²) >= 11 is 4.20. The second kappa shape index (κ2) is 9.64. The van der Waals surface area contributed by atoms with Crippen molar-refractivity contribution in [3.63, 3.8) is 0 Å². The monoisotopic (exact) mass is 448 g/mol. The number of urea groups is 1. The van der Waals surface area contributed by atoms with E-state index >= 15 is 0 Å². The molecule has 6 nitrogen and oxygen atoms in total. The van der Waals surface area contributed by atoms with Crippen LogP contribution in [0.1, 0.15) is 37.7 Å². The first-order chi connectivity index (χ1) is 14.6. The minimum atomic E-state index is -0.608. The number of esters is 1. The molecule has 1 spiro atoms. The van der Waals surface area contributed by atoms with Gasteiger partial charge < -0.3 is 10.1 Å². The number of hydrogen-bond donors (Lipinski definition) is 2. The summed E-state index contributed by atoms with van der Waals surface area (Å²) in [6, 6.07) is 8.83. The average Bonchev–Trinajstić information content (AvgIpc) is 3.20. The van der Waals surface area contributed by atoms with Crippen LogP contribution in [0.2, 0.25) is 0 Å². The van der Waals surface area contributed by atoms with Crippen molar-refractivity contribution in [3.8, 4) is 0 Å². The molecule has 2 saturated carbocycles. The first-order valence-corrected chi connectivity index (χ1v) is 12.6. The standard InChI is InChI=1S/C22H28N2O4S2/c25-19(24-21(27)23-13-15-5-2-1-3-6-15)14-28-20(26)16-11-17-7-4-8-18(12-16)22(17)29-9-10-30-22/h1-3,5-6,16-18H,4,7-14H2,(H2,23,24,25,27)/t16?,17-,18+. The van der Waals surface area contributed by atoms with Crippen LogP contribution in [0, 0.1) is 17.8 Å². The first-order valence-electron chi connectivity index (χ1n) is 10.6. The number of thioether (sulfide) groups is 2. The van der Waals surface area contributed by atoms with E-state index in [9.17, 15) is 14.4 Å². The molecule has 3 aliphatic rings. The lowest BCUT2D eigenvalue weighted by Crippen LogP contribution is -2.48. The number of hydrogen-bond acceptors (Lipinski definition) is 6. The lowest BCUT2D eigenvalue weighted by atomic mass is 9.67. The summed E-state index contributed by atoms with van der Waals surface area (Å²) in [7, 11) is 0.